The molecule has 0 aliphatic carbocycles. The number of hydrogen-bond acceptors (Lipinski definition) is 3. The SMILES string of the molecule is CCC(C)(C)C(=O)NCc1c(OC)cc(C)n2ccnc12. The number of methoxy groups -OCH3 is 1. The molecule has 0 aromatic carbocycles. The molecule has 2 rings (SSSR count). The highest BCUT2D eigenvalue weighted by Gasteiger charge is 2.25. The fourth-order valence-electron chi connectivity index (χ4n) is 2.18. The van der Waals surface area contributed by atoms with Crippen molar-refractivity contribution in [1.82, 2.24) is 14.7 Å². The largest absolute Gasteiger partial charge is 0.496 e. The lowest BCUT2D eigenvalue weighted by molar-refractivity contribution is -0.129. The Kier molecular flexibility index (Phi) is 4.21. The van der Waals surface area contributed by atoms with E-state index in [4.69, 9.17) is 4.74 Å². The summed E-state index contributed by atoms with van der Waals surface area (Å²) in [6, 6.07) is 1.96. The third-order valence-electron chi connectivity index (χ3n) is 4.07. The number of carbonyl (C=O) groups is 1. The van der Waals surface area contributed by atoms with Gasteiger partial charge in [0, 0.05) is 29.6 Å². The minimum Gasteiger partial charge on any atom is -0.496 e. The lowest BCUT2D eigenvalue weighted by Crippen LogP contribution is -2.36. The predicted molar refractivity (Wildman–Crippen MR) is 82.4 cm³/mol. The standard InChI is InChI=1S/C16H23N3O2/c1-6-16(3,4)15(20)18-10-12-13(21-5)9-11(2)19-8-7-17-14(12)19/h7-9H,6,10H2,1-5H3,(H,18,20). The summed E-state index contributed by atoms with van der Waals surface area (Å²) in [6.07, 6.45) is 4.46. The molecule has 1 amide bonds. The van der Waals surface area contributed by atoms with Gasteiger partial charge in [0.25, 0.3) is 0 Å². The lowest BCUT2D eigenvalue weighted by atomic mass is 9.89. The van der Waals surface area contributed by atoms with Gasteiger partial charge >= 0.3 is 0 Å². The second-order valence-corrected chi connectivity index (χ2v) is 5.87. The number of fused-ring (bicyclic) bond motifs is 1. The van der Waals surface area contributed by atoms with E-state index >= 15 is 0 Å². The van der Waals surface area contributed by atoms with E-state index in [0.717, 1.165) is 29.1 Å². The molecule has 1 N–H and O–H groups in total. The first kappa shape index (κ1) is 15.4. The van der Waals surface area contributed by atoms with Crippen molar-refractivity contribution in [2.24, 2.45) is 5.41 Å². The van der Waals surface area contributed by atoms with Crippen LogP contribution in [0.15, 0.2) is 18.5 Å². The fraction of sp³-hybridized carbons (Fsp3) is 0.500. The van der Waals surface area contributed by atoms with Crippen LogP contribution < -0.4 is 10.1 Å². The van der Waals surface area contributed by atoms with Crippen molar-refractivity contribution in [3.63, 3.8) is 0 Å². The fourth-order valence-corrected chi connectivity index (χ4v) is 2.18. The predicted octanol–water partition coefficient (Wildman–Crippen LogP) is 2.70. The van der Waals surface area contributed by atoms with Crippen molar-refractivity contribution >= 4 is 11.6 Å². The van der Waals surface area contributed by atoms with E-state index in [1.165, 1.54) is 0 Å². The molecule has 21 heavy (non-hydrogen) atoms. The Morgan fingerprint density at radius 3 is 2.81 bits per heavy atom. The third kappa shape index (κ3) is 2.86. The molecule has 0 spiro atoms. The van der Waals surface area contributed by atoms with Crippen molar-refractivity contribution in [3.8, 4) is 5.75 Å². The van der Waals surface area contributed by atoms with Crippen LogP contribution in [-0.4, -0.2) is 22.4 Å². The zero-order valence-electron chi connectivity index (χ0n) is 13.4. The quantitative estimate of drug-likeness (QED) is 0.920. The molecule has 114 valence electrons. The van der Waals surface area contributed by atoms with Gasteiger partial charge in [-0.1, -0.05) is 20.8 Å². The van der Waals surface area contributed by atoms with Crippen LogP contribution >= 0.6 is 0 Å². The first-order chi connectivity index (χ1) is 9.90. The Hall–Kier alpha value is -2.04. The van der Waals surface area contributed by atoms with Crippen LogP contribution in [0.2, 0.25) is 0 Å². The van der Waals surface area contributed by atoms with Gasteiger partial charge in [-0.3, -0.25) is 4.79 Å². The number of pyridine rings is 1. The van der Waals surface area contributed by atoms with Gasteiger partial charge in [-0.2, -0.15) is 0 Å². The van der Waals surface area contributed by atoms with Crippen LogP contribution in [-0.2, 0) is 11.3 Å². The van der Waals surface area contributed by atoms with Crippen molar-refractivity contribution in [1.29, 1.82) is 0 Å². The van der Waals surface area contributed by atoms with E-state index in [2.05, 4.69) is 10.3 Å². The van der Waals surface area contributed by atoms with Gasteiger partial charge < -0.3 is 14.5 Å². The van der Waals surface area contributed by atoms with Gasteiger partial charge in [0.2, 0.25) is 5.91 Å². The lowest BCUT2D eigenvalue weighted by Gasteiger charge is -2.22. The Morgan fingerprint density at radius 2 is 2.19 bits per heavy atom. The second-order valence-electron chi connectivity index (χ2n) is 5.87. The maximum absolute atomic E-state index is 12.2. The van der Waals surface area contributed by atoms with Crippen LogP contribution in [0.5, 0.6) is 5.75 Å². The normalized spacial score (nSPS) is 11.7. The van der Waals surface area contributed by atoms with Gasteiger partial charge in [0.1, 0.15) is 11.4 Å². The zero-order chi connectivity index (χ0) is 15.6. The Labute approximate surface area is 125 Å². The molecule has 0 fully saturated rings. The highest BCUT2D eigenvalue weighted by atomic mass is 16.5. The van der Waals surface area contributed by atoms with Crippen molar-refractivity contribution < 1.29 is 9.53 Å². The van der Waals surface area contributed by atoms with Gasteiger partial charge in [0.05, 0.1) is 19.2 Å². The molecule has 0 atom stereocenters. The molecule has 0 aliphatic heterocycles. The molecule has 0 unspecified atom stereocenters. The van der Waals surface area contributed by atoms with Crippen molar-refractivity contribution in [3.05, 3.63) is 29.7 Å². The van der Waals surface area contributed by atoms with E-state index in [-0.39, 0.29) is 11.3 Å². The maximum Gasteiger partial charge on any atom is 0.225 e. The average molecular weight is 289 g/mol. The Morgan fingerprint density at radius 1 is 1.48 bits per heavy atom. The molecule has 0 bridgehead atoms. The van der Waals surface area contributed by atoms with Gasteiger partial charge in [0.15, 0.2) is 0 Å². The molecular formula is C16H23N3O2. The minimum atomic E-state index is -0.371. The monoisotopic (exact) mass is 289 g/mol. The molecule has 2 heterocycles. The first-order valence-electron chi connectivity index (χ1n) is 7.18. The first-order valence-corrected chi connectivity index (χ1v) is 7.18. The third-order valence-corrected chi connectivity index (χ3v) is 4.07. The molecule has 0 aliphatic rings. The van der Waals surface area contributed by atoms with Crippen LogP contribution in [0.3, 0.4) is 0 Å². The number of amides is 1. The highest BCUT2D eigenvalue weighted by Crippen LogP contribution is 2.25. The number of aryl methyl sites for hydroxylation is 1. The smallest absolute Gasteiger partial charge is 0.225 e. The number of hydrogen-bond donors (Lipinski definition) is 1. The highest BCUT2D eigenvalue weighted by molar-refractivity contribution is 5.82. The molecular weight excluding hydrogens is 266 g/mol. The molecule has 5 nitrogen and oxygen atoms in total. The van der Waals surface area contributed by atoms with Crippen LogP contribution in [0.4, 0.5) is 0 Å². The van der Waals surface area contributed by atoms with Crippen LogP contribution in [0.1, 0.15) is 38.4 Å². The van der Waals surface area contributed by atoms with Crippen molar-refractivity contribution in [2.45, 2.75) is 40.7 Å². The molecule has 2 aromatic heterocycles. The number of ether oxygens (including phenoxy) is 1. The maximum atomic E-state index is 12.2. The number of nitrogens with zero attached hydrogens (tertiary/aromatic N) is 2. The molecule has 0 radical (unpaired) electrons. The van der Waals surface area contributed by atoms with E-state index in [9.17, 15) is 4.79 Å². The van der Waals surface area contributed by atoms with Crippen molar-refractivity contribution in [2.75, 3.05) is 7.11 Å². The number of carbonyl (C=O) groups excluding carboxylic acids is 1. The van der Waals surface area contributed by atoms with E-state index in [0.29, 0.717) is 6.54 Å². The molecule has 2 aromatic rings. The second kappa shape index (κ2) is 5.76. The summed E-state index contributed by atoms with van der Waals surface area (Å²) in [5.74, 6) is 0.790. The summed E-state index contributed by atoms with van der Waals surface area (Å²) < 4.78 is 7.44. The number of imidazole rings is 1. The molecule has 0 saturated carbocycles. The van der Waals surface area contributed by atoms with Gasteiger partial charge in [-0.25, -0.2) is 4.98 Å². The number of nitrogens with one attached hydrogen (secondary N) is 1. The van der Waals surface area contributed by atoms with Gasteiger partial charge in [-0.05, 0) is 13.3 Å². The van der Waals surface area contributed by atoms with E-state index < -0.39 is 0 Å². The summed E-state index contributed by atoms with van der Waals surface area (Å²) >= 11 is 0. The zero-order valence-corrected chi connectivity index (χ0v) is 13.4. The summed E-state index contributed by atoms with van der Waals surface area (Å²) in [5, 5.41) is 2.99. The summed E-state index contributed by atoms with van der Waals surface area (Å²) in [6.45, 7) is 8.31. The van der Waals surface area contributed by atoms with E-state index in [1.807, 2.05) is 44.4 Å². The summed E-state index contributed by atoms with van der Waals surface area (Å²) in [7, 11) is 1.63. The topological polar surface area (TPSA) is 55.6 Å². The molecule has 0 saturated heterocycles. The average Bonchev–Trinajstić information content (AvgIpc) is 2.95. The van der Waals surface area contributed by atoms with Crippen LogP contribution in [0, 0.1) is 12.3 Å². The van der Waals surface area contributed by atoms with Crippen LogP contribution in [0.25, 0.3) is 5.65 Å². The number of aromatic nitrogens is 2. The summed E-state index contributed by atoms with van der Waals surface area (Å²) in [4.78, 5) is 16.6. The Balaban J connectivity index is 2.32. The number of rotatable bonds is 5. The van der Waals surface area contributed by atoms with E-state index in [1.54, 1.807) is 13.3 Å². The summed E-state index contributed by atoms with van der Waals surface area (Å²) in [5.41, 5.74) is 2.39. The Bertz CT molecular complexity index is 659. The minimum absolute atomic E-state index is 0.0392. The van der Waals surface area contributed by atoms with Gasteiger partial charge in [-0.15, -0.1) is 0 Å². The molecule has 5 heteroatoms.